The van der Waals surface area contributed by atoms with Crippen LogP contribution in [-0.2, 0) is 0 Å². The fourth-order valence-corrected chi connectivity index (χ4v) is 2.30. The number of ketones is 1. The fraction of sp³-hybridized carbons (Fsp3) is 0.350. The molecule has 0 saturated heterocycles. The number of carbonyl (C=O) groups excluding carboxylic acids is 1. The van der Waals surface area contributed by atoms with Crippen molar-refractivity contribution in [3.8, 4) is 5.75 Å². The third-order valence-electron chi connectivity index (χ3n) is 3.65. The fourth-order valence-electron chi connectivity index (χ4n) is 2.30. The van der Waals surface area contributed by atoms with Crippen LogP contribution >= 0.6 is 0 Å². The quantitative estimate of drug-likeness (QED) is 0.499. The molecule has 3 heteroatoms. The SMILES string of the molecule is CCCCCOc1ccc(NCCC(=O)c2ccccc2)cc1. The Hall–Kier alpha value is -2.29. The van der Waals surface area contributed by atoms with E-state index in [0.717, 1.165) is 30.0 Å². The van der Waals surface area contributed by atoms with E-state index in [0.29, 0.717) is 13.0 Å². The van der Waals surface area contributed by atoms with Crippen LogP contribution in [-0.4, -0.2) is 18.9 Å². The van der Waals surface area contributed by atoms with Crippen molar-refractivity contribution in [3.63, 3.8) is 0 Å². The lowest BCUT2D eigenvalue weighted by atomic mass is 10.1. The molecular weight excluding hydrogens is 286 g/mol. The summed E-state index contributed by atoms with van der Waals surface area (Å²) in [7, 11) is 0. The summed E-state index contributed by atoms with van der Waals surface area (Å²) < 4.78 is 5.68. The average molecular weight is 311 g/mol. The van der Waals surface area contributed by atoms with E-state index in [9.17, 15) is 4.79 Å². The van der Waals surface area contributed by atoms with E-state index < -0.39 is 0 Å². The van der Waals surface area contributed by atoms with Crippen LogP contribution in [0.25, 0.3) is 0 Å². The topological polar surface area (TPSA) is 38.3 Å². The zero-order valence-corrected chi connectivity index (χ0v) is 13.8. The van der Waals surface area contributed by atoms with Crippen molar-refractivity contribution in [2.24, 2.45) is 0 Å². The number of Topliss-reactive ketones (excluding diaryl/α,β-unsaturated/α-hetero) is 1. The summed E-state index contributed by atoms with van der Waals surface area (Å²) >= 11 is 0. The van der Waals surface area contributed by atoms with Gasteiger partial charge in [0, 0.05) is 24.2 Å². The number of unbranched alkanes of at least 4 members (excludes halogenated alkanes) is 2. The smallest absolute Gasteiger partial charge is 0.164 e. The highest BCUT2D eigenvalue weighted by molar-refractivity contribution is 5.96. The van der Waals surface area contributed by atoms with E-state index in [1.54, 1.807) is 0 Å². The molecule has 0 fully saturated rings. The number of carbonyl (C=O) groups is 1. The molecule has 0 atom stereocenters. The molecule has 0 bridgehead atoms. The zero-order chi connectivity index (χ0) is 16.3. The highest BCUT2D eigenvalue weighted by Gasteiger charge is 2.04. The van der Waals surface area contributed by atoms with Gasteiger partial charge in [0.25, 0.3) is 0 Å². The number of anilines is 1. The van der Waals surface area contributed by atoms with Crippen molar-refractivity contribution in [3.05, 3.63) is 60.2 Å². The van der Waals surface area contributed by atoms with Gasteiger partial charge in [0.15, 0.2) is 5.78 Å². The van der Waals surface area contributed by atoms with E-state index in [2.05, 4.69) is 12.2 Å². The summed E-state index contributed by atoms with van der Waals surface area (Å²) in [6.45, 7) is 3.58. The Balaban J connectivity index is 1.70. The van der Waals surface area contributed by atoms with Crippen molar-refractivity contribution in [2.45, 2.75) is 32.6 Å². The summed E-state index contributed by atoms with van der Waals surface area (Å²) in [5.41, 5.74) is 1.77. The monoisotopic (exact) mass is 311 g/mol. The van der Waals surface area contributed by atoms with Crippen LogP contribution in [0.5, 0.6) is 5.75 Å². The Morgan fingerprint density at radius 1 is 1.00 bits per heavy atom. The minimum Gasteiger partial charge on any atom is -0.494 e. The van der Waals surface area contributed by atoms with E-state index in [1.807, 2.05) is 54.6 Å². The van der Waals surface area contributed by atoms with E-state index >= 15 is 0 Å². The second-order valence-corrected chi connectivity index (χ2v) is 5.55. The highest BCUT2D eigenvalue weighted by Crippen LogP contribution is 2.16. The third kappa shape index (κ3) is 6.15. The number of hydrogen-bond donors (Lipinski definition) is 1. The normalized spacial score (nSPS) is 10.3. The molecule has 0 heterocycles. The molecule has 0 aliphatic heterocycles. The summed E-state index contributed by atoms with van der Waals surface area (Å²) in [6.07, 6.45) is 3.99. The maximum atomic E-state index is 12.0. The van der Waals surface area contributed by atoms with Gasteiger partial charge in [0.05, 0.1) is 6.61 Å². The van der Waals surface area contributed by atoms with Gasteiger partial charge in [-0.1, -0.05) is 50.1 Å². The van der Waals surface area contributed by atoms with E-state index in [1.165, 1.54) is 12.8 Å². The first-order valence-corrected chi connectivity index (χ1v) is 8.34. The number of nitrogens with one attached hydrogen (secondary N) is 1. The third-order valence-corrected chi connectivity index (χ3v) is 3.65. The number of benzene rings is 2. The highest BCUT2D eigenvalue weighted by atomic mass is 16.5. The van der Waals surface area contributed by atoms with Gasteiger partial charge in [-0.05, 0) is 30.7 Å². The Morgan fingerprint density at radius 2 is 1.74 bits per heavy atom. The van der Waals surface area contributed by atoms with Gasteiger partial charge in [-0.3, -0.25) is 4.79 Å². The molecule has 23 heavy (non-hydrogen) atoms. The molecular formula is C20H25NO2. The Kier molecular flexibility index (Phi) is 7.18. The molecule has 122 valence electrons. The van der Waals surface area contributed by atoms with Gasteiger partial charge in [-0.25, -0.2) is 0 Å². The lowest BCUT2D eigenvalue weighted by Gasteiger charge is -2.09. The van der Waals surface area contributed by atoms with Crippen LogP contribution in [0.15, 0.2) is 54.6 Å². The van der Waals surface area contributed by atoms with Gasteiger partial charge in [0.2, 0.25) is 0 Å². The predicted molar refractivity (Wildman–Crippen MR) is 95.3 cm³/mol. The predicted octanol–water partition coefficient (Wildman–Crippen LogP) is 4.94. The number of ether oxygens (including phenoxy) is 1. The lowest BCUT2D eigenvalue weighted by molar-refractivity contribution is 0.0986. The standard InChI is InChI=1S/C20H25NO2/c1-2-3-7-16-23-19-12-10-18(11-13-19)21-15-14-20(22)17-8-5-4-6-9-17/h4-6,8-13,21H,2-3,7,14-16H2,1H3. The largest absolute Gasteiger partial charge is 0.494 e. The molecule has 2 aromatic rings. The summed E-state index contributed by atoms with van der Waals surface area (Å²) in [4.78, 5) is 12.0. The summed E-state index contributed by atoms with van der Waals surface area (Å²) in [5.74, 6) is 1.06. The molecule has 3 nitrogen and oxygen atoms in total. The van der Waals surface area contributed by atoms with Gasteiger partial charge in [0.1, 0.15) is 5.75 Å². The second kappa shape index (κ2) is 9.67. The van der Waals surface area contributed by atoms with Crippen molar-refractivity contribution in [1.29, 1.82) is 0 Å². The number of hydrogen-bond acceptors (Lipinski definition) is 3. The molecule has 0 radical (unpaired) electrons. The molecule has 0 amide bonds. The first kappa shape index (κ1) is 17.1. The van der Waals surface area contributed by atoms with Gasteiger partial charge in [-0.2, -0.15) is 0 Å². The van der Waals surface area contributed by atoms with Gasteiger partial charge < -0.3 is 10.1 Å². The first-order chi connectivity index (χ1) is 11.3. The minimum absolute atomic E-state index is 0.161. The second-order valence-electron chi connectivity index (χ2n) is 5.55. The molecule has 0 aliphatic carbocycles. The maximum absolute atomic E-state index is 12.0. The molecule has 0 unspecified atom stereocenters. The zero-order valence-electron chi connectivity index (χ0n) is 13.8. The van der Waals surface area contributed by atoms with Crippen LogP contribution in [0, 0.1) is 0 Å². The minimum atomic E-state index is 0.161. The van der Waals surface area contributed by atoms with Crippen LogP contribution < -0.4 is 10.1 Å². The Morgan fingerprint density at radius 3 is 2.43 bits per heavy atom. The molecule has 0 spiro atoms. The van der Waals surface area contributed by atoms with Crippen LogP contribution in [0.4, 0.5) is 5.69 Å². The van der Waals surface area contributed by atoms with E-state index in [4.69, 9.17) is 4.74 Å². The van der Waals surface area contributed by atoms with Crippen molar-refractivity contribution >= 4 is 11.5 Å². The Bertz CT molecular complexity index is 578. The Labute approximate surface area is 138 Å². The first-order valence-electron chi connectivity index (χ1n) is 8.34. The van der Waals surface area contributed by atoms with E-state index in [-0.39, 0.29) is 5.78 Å². The lowest BCUT2D eigenvalue weighted by Crippen LogP contribution is -2.08. The molecule has 0 saturated carbocycles. The van der Waals surface area contributed by atoms with Crippen LogP contribution in [0.2, 0.25) is 0 Å². The van der Waals surface area contributed by atoms with Crippen molar-refractivity contribution in [1.82, 2.24) is 0 Å². The maximum Gasteiger partial charge on any atom is 0.164 e. The molecule has 0 aliphatic rings. The molecule has 2 rings (SSSR count). The van der Waals surface area contributed by atoms with Gasteiger partial charge >= 0.3 is 0 Å². The molecule has 1 N–H and O–H groups in total. The summed E-state index contributed by atoms with van der Waals surface area (Å²) in [6, 6.07) is 17.3. The van der Waals surface area contributed by atoms with Crippen LogP contribution in [0.3, 0.4) is 0 Å². The van der Waals surface area contributed by atoms with Crippen molar-refractivity contribution < 1.29 is 9.53 Å². The molecule has 0 aromatic heterocycles. The number of rotatable bonds is 10. The summed E-state index contributed by atoms with van der Waals surface area (Å²) in [5, 5.41) is 3.27. The van der Waals surface area contributed by atoms with Crippen molar-refractivity contribution in [2.75, 3.05) is 18.5 Å². The van der Waals surface area contributed by atoms with Gasteiger partial charge in [-0.15, -0.1) is 0 Å². The average Bonchev–Trinajstić information content (AvgIpc) is 2.60. The molecule has 2 aromatic carbocycles. The van der Waals surface area contributed by atoms with Crippen LogP contribution in [0.1, 0.15) is 43.0 Å².